The van der Waals surface area contributed by atoms with Crippen molar-refractivity contribution < 1.29 is 9.53 Å². The third-order valence-electron chi connectivity index (χ3n) is 3.23. The highest BCUT2D eigenvalue weighted by Gasteiger charge is 2.10. The number of anilines is 2. The second-order valence-corrected chi connectivity index (χ2v) is 4.73. The van der Waals surface area contributed by atoms with Crippen LogP contribution in [0.3, 0.4) is 0 Å². The van der Waals surface area contributed by atoms with Crippen molar-refractivity contribution in [2.24, 2.45) is 5.73 Å². The number of hydrogen-bond donors (Lipinski definition) is 3. The maximum atomic E-state index is 11.1. The molecule has 2 heterocycles. The summed E-state index contributed by atoms with van der Waals surface area (Å²) in [5.41, 5.74) is 11.7. The molecule has 0 aromatic carbocycles. The Morgan fingerprint density at radius 1 is 1.40 bits per heavy atom. The van der Waals surface area contributed by atoms with Crippen LogP contribution in [-0.4, -0.2) is 55.2 Å². The van der Waals surface area contributed by atoms with Crippen LogP contribution in [0.25, 0.3) is 0 Å². The van der Waals surface area contributed by atoms with Gasteiger partial charge in [-0.1, -0.05) is 0 Å². The smallest absolute Gasteiger partial charge is 0.267 e. The molecule has 1 aromatic rings. The van der Waals surface area contributed by atoms with Gasteiger partial charge in [-0.2, -0.15) is 0 Å². The van der Waals surface area contributed by atoms with Crippen molar-refractivity contribution in [1.29, 1.82) is 0 Å². The van der Waals surface area contributed by atoms with Gasteiger partial charge in [0.15, 0.2) is 0 Å². The zero-order chi connectivity index (χ0) is 14.4. The number of amides is 1. The van der Waals surface area contributed by atoms with E-state index in [1.165, 1.54) is 6.07 Å². The van der Waals surface area contributed by atoms with Crippen LogP contribution >= 0.6 is 0 Å². The Balaban J connectivity index is 1.78. The number of nitrogens with zero attached hydrogens (tertiary/aromatic N) is 2. The van der Waals surface area contributed by atoms with Gasteiger partial charge in [0.25, 0.3) is 5.91 Å². The first-order valence-electron chi connectivity index (χ1n) is 6.77. The zero-order valence-electron chi connectivity index (χ0n) is 11.5. The summed E-state index contributed by atoms with van der Waals surface area (Å²) in [6.07, 6.45) is 0.974. The predicted octanol–water partition coefficient (Wildman–Crippen LogP) is -0.103. The van der Waals surface area contributed by atoms with Crippen LogP contribution in [-0.2, 0) is 4.74 Å². The molecular weight excluding hydrogens is 258 g/mol. The van der Waals surface area contributed by atoms with Gasteiger partial charge in [0.05, 0.1) is 18.9 Å². The fraction of sp³-hybridized carbons (Fsp3) is 0.538. The van der Waals surface area contributed by atoms with Crippen LogP contribution in [0.5, 0.6) is 0 Å². The third kappa shape index (κ3) is 4.07. The summed E-state index contributed by atoms with van der Waals surface area (Å²) in [7, 11) is 0. The Bertz CT molecular complexity index is 460. The van der Waals surface area contributed by atoms with Crippen molar-refractivity contribution in [3.05, 3.63) is 17.8 Å². The van der Waals surface area contributed by atoms with Gasteiger partial charge < -0.3 is 21.5 Å². The fourth-order valence-electron chi connectivity index (χ4n) is 2.08. The Morgan fingerprint density at radius 2 is 2.15 bits per heavy atom. The molecule has 7 nitrogen and oxygen atoms in total. The molecule has 1 aliphatic rings. The maximum Gasteiger partial charge on any atom is 0.267 e. The van der Waals surface area contributed by atoms with E-state index < -0.39 is 5.91 Å². The second kappa shape index (κ2) is 7.06. The molecular formula is C13H21N5O2. The molecule has 1 aliphatic heterocycles. The van der Waals surface area contributed by atoms with Crippen molar-refractivity contribution in [3.63, 3.8) is 0 Å². The molecule has 20 heavy (non-hydrogen) atoms. The normalized spacial score (nSPS) is 16.0. The number of rotatable bonds is 6. The highest BCUT2D eigenvalue weighted by atomic mass is 16.5. The average molecular weight is 279 g/mol. The monoisotopic (exact) mass is 279 g/mol. The Morgan fingerprint density at radius 3 is 2.85 bits per heavy atom. The van der Waals surface area contributed by atoms with Gasteiger partial charge in [-0.15, -0.1) is 0 Å². The topological polar surface area (TPSA) is 106 Å². The number of morpholine rings is 1. The van der Waals surface area contributed by atoms with Gasteiger partial charge in [0.2, 0.25) is 0 Å². The lowest BCUT2D eigenvalue weighted by Gasteiger charge is -2.26. The number of nitrogens with one attached hydrogen (secondary N) is 1. The molecule has 0 aliphatic carbocycles. The summed E-state index contributed by atoms with van der Waals surface area (Å²) in [5.74, 6) is -0.0374. The van der Waals surface area contributed by atoms with Crippen LogP contribution in [0, 0.1) is 0 Å². The van der Waals surface area contributed by atoms with Gasteiger partial charge in [-0.05, 0) is 25.1 Å². The van der Waals surface area contributed by atoms with Gasteiger partial charge >= 0.3 is 0 Å². The fourth-order valence-corrected chi connectivity index (χ4v) is 2.08. The second-order valence-electron chi connectivity index (χ2n) is 4.73. The summed E-state index contributed by atoms with van der Waals surface area (Å²) >= 11 is 0. The van der Waals surface area contributed by atoms with E-state index in [1.807, 2.05) is 0 Å². The summed E-state index contributed by atoms with van der Waals surface area (Å²) in [4.78, 5) is 17.5. The molecule has 2 rings (SSSR count). The number of carbonyl (C=O) groups excluding carboxylic acids is 1. The molecule has 1 amide bonds. The minimum absolute atomic E-state index is 0.217. The minimum atomic E-state index is -0.554. The van der Waals surface area contributed by atoms with Gasteiger partial charge in [0.1, 0.15) is 11.5 Å². The molecule has 1 fully saturated rings. The van der Waals surface area contributed by atoms with E-state index in [0.717, 1.165) is 45.8 Å². The molecule has 110 valence electrons. The van der Waals surface area contributed by atoms with E-state index in [0.29, 0.717) is 11.5 Å². The molecule has 0 unspecified atom stereocenters. The highest BCUT2D eigenvalue weighted by Crippen LogP contribution is 2.15. The molecule has 1 aromatic heterocycles. The van der Waals surface area contributed by atoms with Gasteiger partial charge in [-0.3, -0.25) is 9.69 Å². The maximum absolute atomic E-state index is 11.1. The molecule has 0 saturated carbocycles. The number of ether oxygens (including phenoxy) is 1. The first-order valence-corrected chi connectivity index (χ1v) is 6.77. The number of pyridine rings is 1. The molecule has 1 saturated heterocycles. The average Bonchev–Trinajstić information content (AvgIpc) is 2.46. The third-order valence-corrected chi connectivity index (χ3v) is 3.23. The number of aromatic nitrogens is 1. The number of carbonyl (C=O) groups is 1. The van der Waals surface area contributed by atoms with Crippen LogP contribution in [0.2, 0.25) is 0 Å². The lowest BCUT2D eigenvalue weighted by Crippen LogP contribution is -2.37. The highest BCUT2D eigenvalue weighted by molar-refractivity contribution is 5.91. The van der Waals surface area contributed by atoms with E-state index in [2.05, 4.69) is 15.2 Å². The van der Waals surface area contributed by atoms with Crippen LogP contribution < -0.4 is 16.8 Å². The lowest BCUT2D eigenvalue weighted by molar-refractivity contribution is 0.0378. The number of hydrogen-bond acceptors (Lipinski definition) is 6. The summed E-state index contributed by atoms with van der Waals surface area (Å²) < 4.78 is 5.30. The molecule has 0 spiro atoms. The summed E-state index contributed by atoms with van der Waals surface area (Å²) in [6, 6.07) is 3.16. The Hall–Kier alpha value is -1.86. The standard InChI is InChI=1S/C13H21N5O2/c14-10-2-3-11(12(15)19)17-13(10)16-4-1-5-18-6-8-20-9-7-18/h2-3H,1,4-9,14H2,(H2,15,19)(H,16,17). The van der Waals surface area contributed by atoms with Crippen molar-refractivity contribution in [2.75, 3.05) is 50.4 Å². The molecule has 0 radical (unpaired) electrons. The quantitative estimate of drug-likeness (QED) is 0.628. The van der Waals surface area contributed by atoms with Crippen LogP contribution in [0.4, 0.5) is 11.5 Å². The largest absolute Gasteiger partial charge is 0.396 e. The number of nitrogen functional groups attached to an aromatic ring is 1. The van der Waals surface area contributed by atoms with E-state index in [-0.39, 0.29) is 5.69 Å². The zero-order valence-corrected chi connectivity index (χ0v) is 11.5. The van der Waals surface area contributed by atoms with Crippen molar-refractivity contribution in [2.45, 2.75) is 6.42 Å². The summed E-state index contributed by atoms with van der Waals surface area (Å²) in [5, 5.41) is 3.15. The van der Waals surface area contributed by atoms with Crippen molar-refractivity contribution in [3.8, 4) is 0 Å². The van der Waals surface area contributed by atoms with E-state index in [4.69, 9.17) is 16.2 Å². The Kier molecular flexibility index (Phi) is 5.14. The van der Waals surface area contributed by atoms with Crippen molar-refractivity contribution in [1.82, 2.24) is 9.88 Å². The SMILES string of the molecule is NC(=O)c1ccc(N)c(NCCCN2CCOCC2)n1. The first-order chi connectivity index (χ1) is 9.66. The summed E-state index contributed by atoms with van der Waals surface area (Å²) in [6.45, 7) is 5.34. The molecule has 0 bridgehead atoms. The van der Waals surface area contributed by atoms with E-state index in [1.54, 1.807) is 6.07 Å². The minimum Gasteiger partial charge on any atom is -0.396 e. The lowest BCUT2D eigenvalue weighted by atomic mass is 10.3. The van der Waals surface area contributed by atoms with E-state index >= 15 is 0 Å². The molecule has 5 N–H and O–H groups in total. The van der Waals surface area contributed by atoms with Gasteiger partial charge in [0, 0.05) is 19.6 Å². The number of nitrogens with two attached hydrogens (primary N) is 2. The Labute approximate surface area is 118 Å². The van der Waals surface area contributed by atoms with E-state index in [9.17, 15) is 4.79 Å². The van der Waals surface area contributed by atoms with Crippen LogP contribution in [0.15, 0.2) is 12.1 Å². The van der Waals surface area contributed by atoms with Crippen LogP contribution in [0.1, 0.15) is 16.9 Å². The predicted molar refractivity (Wildman–Crippen MR) is 77.5 cm³/mol. The molecule has 7 heteroatoms. The number of primary amides is 1. The first kappa shape index (κ1) is 14.5. The van der Waals surface area contributed by atoms with Gasteiger partial charge in [-0.25, -0.2) is 4.98 Å². The molecule has 0 atom stereocenters. The van der Waals surface area contributed by atoms with Crippen molar-refractivity contribution >= 4 is 17.4 Å².